The number of anilines is 2. The molecule has 8 heteroatoms. The molecule has 1 aliphatic rings. The first kappa shape index (κ1) is 23.1. The van der Waals surface area contributed by atoms with Crippen LogP contribution in [0.25, 0.3) is 0 Å². The van der Waals surface area contributed by atoms with Crippen molar-refractivity contribution in [3.63, 3.8) is 0 Å². The Kier molecular flexibility index (Phi) is 7.70. The number of hydrogen-bond acceptors (Lipinski definition) is 4. The Morgan fingerprint density at radius 1 is 0.969 bits per heavy atom. The number of hydrogen-bond donors (Lipinski definition) is 3. The summed E-state index contributed by atoms with van der Waals surface area (Å²) in [5.74, 6) is -0.507. The monoisotopic (exact) mass is 438 g/mol. The minimum atomic E-state index is -0.675. The molecule has 0 aliphatic carbocycles. The predicted octanol–water partition coefficient (Wildman–Crippen LogP) is 3.31. The van der Waals surface area contributed by atoms with E-state index in [1.54, 1.807) is 30.2 Å². The third-order valence-electron chi connectivity index (χ3n) is 5.64. The summed E-state index contributed by atoms with van der Waals surface area (Å²) in [5, 5.41) is 8.25. The molecule has 2 aromatic carbocycles. The van der Waals surface area contributed by atoms with Gasteiger partial charge in [-0.15, -0.1) is 0 Å². The SMILES string of the molecule is COc1ccccc1NC(=O)N1CCC(CNC(=O)C(=O)Nc2ccc(C)cc2C)CC1. The van der Waals surface area contributed by atoms with Crippen LogP contribution in [-0.2, 0) is 9.59 Å². The van der Waals surface area contributed by atoms with Crippen LogP contribution >= 0.6 is 0 Å². The van der Waals surface area contributed by atoms with E-state index in [2.05, 4.69) is 16.0 Å². The molecule has 1 heterocycles. The van der Waals surface area contributed by atoms with E-state index in [0.717, 1.165) is 24.0 Å². The number of likely N-dealkylation sites (tertiary alicyclic amines) is 1. The van der Waals surface area contributed by atoms with Gasteiger partial charge in [0.25, 0.3) is 0 Å². The van der Waals surface area contributed by atoms with Gasteiger partial charge in [-0.25, -0.2) is 4.79 Å². The van der Waals surface area contributed by atoms with E-state index in [1.165, 1.54) is 0 Å². The van der Waals surface area contributed by atoms with Crippen molar-refractivity contribution < 1.29 is 19.1 Å². The maximum atomic E-state index is 12.6. The van der Waals surface area contributed by atoms with Crippen LogP contribution in [0.2, 0.25) is 0 Å². The highest BCUT2D eigenvalue weighted by atomic mass is 16.5. The summed E-state index contributed by atoms with van der Waals surface area (Å²) in [4.78, 5) is 38.7. The topological polar surface area (TPSA) is 99.8 Å². The molecular weight excluding hydrogens is 408 g/mol. The number of piperidine rings is 1. The van der Waals surface area contributed by atoms with Crippen molar-refractivity contribution >= 4 is 29.2 Å². The number of aryl methyl sites for hydroxylation is 2. The van der Waals surface area contributed by atoms with Crippen molar-refractivity contribution in [3.05, 3.63) is 53.6 Å². The molecule has 1 aliphatic heterocycles. The maximum absolute atomic E-state index is 12.6. The first-order chi connectivity index (χ1) is 15.4. The van der Waals surface area contributed by atoms with Crippen LogP contribution in [0.15, 0.2) is 42.5 Å². The van der Waals surface area contributed by atoms with Gasteiger partial charge in [0.2, 0.25) is 0 Å². The third-order valence-corrected chi connectivity index (χ3v) is 5.64. The lowest BCUT2D eigenvalue weighted by atomic mass is 9.97. The van der Waals surface area contributed by atoms with E-state index >= 15 is 0 Å². The molecule has 0 spiro atoms. The fraction of sp³-hybridized carbons (Fsp3) is 0.375. The Hall–Kier alpha value is -3.55. The molecule has 170 valence electrons. The zero-order chi connectivity index (χ0) is 23.1. The van der Waals surface area contributed by atoms with Crippen LogP contribution in [0.1, 0.15) is 24.0 Å². The summed E-state index contributed by atoms with van der Waals surface area (Å²) in [7, 11) is 1.56. The minimum absolute atomic E-state index is 0.176. The van der Waals surface area contributed by atoms with E-state index in [0.29, 0.717) is 36.8 Å². The molecule has 1 fully saturated rings. The van der Waals surface area contributed by atoms with Crippen molar-refractivity contribution in [2.24, 2.45) is 5.92 Å². The number of methoxy groups -OCH3 is 1. The molecule has 0 bridgehead atoms. The summed E-state index contributed by atoms with van der Waals surface area (Å²) < 4.78 is 5.27. The number of carbonyl (C=O) groups excluding carboxylic acids is 3. The van der Waals surface area contributed by atoms with Crippen molar-refractivity contribution in [1.29, 1.82) is 0 Å². The highest BCUT2D eigenvalue weighted by Crippen LogP contribution is 2.24. The van der Waals surface area contributed by atoms with Gasteiger partial charge < -0.3 is 25.6 Å². The lowest BCUT2D eigenvalue weighted by Gasteiger charge is -2.32. The Bertz CT molecular complexity index is 984. The number of carbonyl (C=O) groups is 3. The molecule has 2 aromatic rings. The normalized spacial score (nSPS) is 13.9. The molecule has 1 saturated heterocycles. The molecule has 0 unspecified atom stereocenters. The molecule has 8 nitrogen and oxygen atoms in total. The van der Waals surface area contributed by atoms with Crippen molar-refractivity contribution in [1.82, 2.24) is 10.2 Å². The quantitative estimate of drug-likeness (QED) is 0.624. The molecule has 0 aromatic heterocycles. The smallest absolute Gasteiger partial charge is 0.321 e. The molecule has 0 saturated carbocycles. The van der Waals surface area contributed by atoms with E-state index < -0.39 is 11.8 Å². The predicted molar refractivity (Wildman–Crippen MR) is 124 cm³/mol. The number of para-hydroxylation sites is 2. The van der Waals surface area contributed by atoms with Crippen molar-refractivity contribution in [3.8, 4) is 5.75 Å². The molecule has 3 N–H and O–H groups in total. The zero-order valence-corrected chi connectivity index (χ0v) is 18.7. The van der Waals surface area contributed by atoms with Crippen molar-refractivity contribution in [2.75, 3.05) is 37.4 Å². The van der Waals surface area contributed by atoms with Gasteiger partial charge in [0, 0.05) is 25.3 Å². The van der Waals surface area contributed by atoms with Crippen molar-refractivity contribution in [2.45, 2.75) is 26.7 Å². The summed E-state index contributed by atoms with van der Waals surface area (Å²) >= 11 is 0. The molecular formula is C24H30N4O4. The van der Waals surface area contributed by atoms with Gasteiger partial charge in [0.15, 0.2) is 0 Å². The van der Waals surface area contributed by atoms with E-state index in [9.17, 15) is 14.4 Å². The van der Waals surface area contributed by atoms with Gasteiger partial charge in [0.1, 0.15) is 5.75 Å². The average Bonchev–Trinajstić information content (AvgIpc) is 2.79. The fourth-order valence-corrected chi connectivity index (χ4v) is 3.73. The summed E-state index contributed by atoms with van der Waals surface area (Å²) in [6.07, 6.45) is 1.50. The first-order valence-electron chi connectivity index (χ1n) is 10.7. The Labute approximate surface area is 188 Å². The largest absolute Gasteiger partial charge is 0.495 e. The number of rotatable bonds is 5. The molecule has 0 radical (unpaired) electrons. The number of urea groups is 1. The van der Waals surface area contributed by atoms with Gasteiger partial charge in [0.05, 0.1) is 12.8 Å². The molecule has 3 rings (SSSR count). The summed E-state index contributed by atoms with van der Waals surface area (Å²) in [6.45, 7) is 5.42. The average molecular weight is 439 g/mol. The van der Waals surface area contributed by atoms with Crippen LogP contribution in [0.3, 0.4) is 0 Å². The summed E-state index contributed by atoms with van der Waals surface area (Å²) in [6, 6.07) is 12.7. The number of nitrogens with one attached hydrogen (secondary N) is 3. The second-order valence-electron chi connectivity index (χ2n) is 8.04. The van der Waals surface area contributed by atoms with E-state index in [1.807, 2.05) is 38.1 Å². The number of nitrogens with zero attached hydrogens (tertiary/aromatic N) is 1. The van der Waals surface area contributed by atoms with E-state index in [-0.39, 0.29) is 11.9 Å². The number of ether oxygens (including phenoxy) is 1. The van der Waals surface area contributed by atoms with Crippen LogP contribution in [0.5, 0.6) is 5.75 Å². The third kappa shape index (κ3) is 6.00. The zero-order valence-electron chi connectivity index (χ0n) is 18.7. The highest BCUT2D eigenvalue weighted by Gasteiger charge is 2.24. The summed E-state index contributed by atoms with van der Waals surface area (Å²) in [5.41, 5.74) is 3.26. The molecule has 0 atom stereocenters. The Morgan fingerprint density at radius 2 is 1.69 bits per heavy atom. The minimum Gasteiger partial charge on any atom is -0.495 e. The fourth-order valence-electron chi connectivity index (χ4n) is 3.73. The van der Waals surface area contributed by atoms with Gasteiger partial charge in [-0.05, 0) is 56.4 Å². The highest BCUT2D eigenvalue weighted by molar-refractivity contribution is 6.39. The van der Waals surface area contributed by atoms with Gasteiger partial charge in [-0.3, -0.25) is 9.59 Å². The van der Waals surface area contributed by atoms with Gasteiger partial charge >= 0.3 is 17.8 Å². The van der Waals surface area contributed by atoms with Crippen LogP contribution in [0, 0.1) is 19.8 Å². The second-order valence-corrected chi connectivity index (χ2v) is 8.04. The lowest BCUT2D eigenvalue weighted by molar-refractivity contribution is -0.136. The van der Waals surface area contributed by atoms with Crippen LogP contribution in [0.4, 0.5) is 16.2 Å². The number of benzene rings is 2. The van der Waals surface area contributed by atoms with Crippen LogP contribution in [-0.4, -0.2) is 49.5 Å². The second kappa shape index (κ2) is 10.7. The maximum Gasteiger partial charge on any atom is 0.321 e. The Morgan fingerprint density at radius 3 is 2.38 bits per heavy atom. The molecule has 4 amide bonds. The lowest BCUT2D eigenvalue weighted by Crippen LogP contribution is -2.44. The first-order valence-corrected chi connectivity index (χ1v) is 10.7. The van der Waals surface area contributed by atoms with Gasteiger partial charge in [-0.2, -0.15) is 0 Å². The Balaban J connectivity index is 1.42. The number of amides is 4. The van der Waals surface area contributed by atoms with Gasteiger partial charge in [-0.1, -0.05) is 29.8 Å². The standard InChI is InChI=1S/C24H30N4O4/c1-16-8-9-19(17(2)14-16)26-23(30)22(29)25-15-18-10-12-28(13-11-18)24(31)27-20-6-4-5-7-21(20)32-3/h4-9,14,18H,10-13,15H2,1-3H3,(H,25,29)(H,26,30)(H,27,31). The van der Waals surface area contributed by atoms with Crippen LogP contribution < -0.4 is 20.7 Å². The molecule has 32 heavy (non-hydrogen) atoms. The van der Waals surface area contributed by atoms with E-state index in [4.69, 9.17) is 4.74 Å².